The van der Waals surface area contributed by atoms with Gasteiger partial charge < -0.3 is 15.3 Å². The Labute approximate surface area is 194 Å². The highest BCUT2D eigenvalue weighted by Crippen LogP contribution is 2.35. The van der Waals surface area contributed by atoms with Gasteiger partial charge in [0.15, 0.2) is 0 Å². The minimum atomic E-state index is -4.43. The molecule has 0 radical (unpaired) electrons. The number of halogens is 4. The van der Waals surface area contributed by atoms with Gasteiger partial charge in [-0.15, -0.1) is 0 Å². The minimum absolute atomic E-state index is 0.0438. The lowest BCUT2D eigenvalue weighted by Gasteiger charge is -2.32. The molecule has 34 heavy (non-hydrogen) atoms. The van der Waals surface area contributed by atoms with Crippen molar-refractivity contribution in [3.63, 3.8) is 0 Å². The molecule has 8 heteroatoms. The molecule has 3 aromatic rings. The molecule has 1 atom stereocenters. The Balaban J connectivity index is 1.55. The molecule has 3 aromatic carbocycles. The van der Waals surface area contributed by atoms with E-state index in [-0.39, 0.29) is 25.2 Å². The van der Waals surface area contributed by atoms with E-state index in [0.717, 1.165) is 17.7 Å². The first-order valence-corrected chi connectivity index (χ1v) is 11.0. The predicted octanol–water partition coefficient (Wildman–Crippen LogP) is 5.70. The first kappa shape index (κ1) is 23.8. The van der Waals surface area contributed by atoms with Gasteiger partial charge in [-0.2, -0.15) is 13.2 Å². The minimum Gasteiger partial charge on any atom is -0.396 e. The summed E-state index contributed by atoms with van der Waals surface area (Å²) < 4.78 is 53.5. The van der Waals surface area contributed by atoms with Crippen LogP contribution in [0.25, 0.3) is 11.1 Å². The van der Waals surface area contributed by atoms with Crippen molar-refractivity contribution in [1.82, 2.24) is 10.2 Å². The fourth-order valence-corrected chi connectivity index (χ4v) is 4.30. The maximum atomic E-state index is 14.7. The van der Waals surface area contributed by atoms with Gasteiger partial charge in [0, 0.05) is 18.7 Å². The number of hydrogen-bond acceptors (Lipinski definition) is 2. The molecule has 1 aliphatic heterocycles. The maximum Gasteiger partial charge on any atom is 0.416 e. The Bertz CT molecular complexity index is 1150. The molecule has 2 N–H and O–H groups in total. The SMILES string of the molecule is O=C(N[C@@H](CCO)c1ccccc1)N1CCc2c(-c3ccc(C(F)(F)F)cc3)ccc(F)c2C1. The van der Waals surface area contributed by atoms with E-state index in [0.29, 0.717) is 41.6 Å². The van der Waals surface area contributed by atoms with Gasteiger partial charge >= 0.3 is 12.2 Å². The molecule has 1 aliphatic rings. The van der Waals surface area contributed by atoms with Crippen LogP contribution >= 0.6 is 0 Å². The molecule has 4 nitrogen and oxygen atoms in total. The van der Waals surface area contributed by atoms with Gasteiger partial charge in [0.05, 0.1) is 18.2 Å². The zero-order chi connectivity index (χ0) is 24.3. The summed E-state index contributed by atoms with van der Waals surface area (Å²) in [4.78, 5) is 14.5. The van der Waals surface area contributed by atoms with Crippen molar-refractivity contribution in [3.8, 4) is 11.1 Å². The lowest BCUT2D eigenvalue weighted by Crippen LogP contribution is -2.44. The molecule has 0 fully saturated rings. The number of rotatable bonds is 5. The average molecular weight is 472 g/mol. The average Bonchev–Trinajstić information content (AvgIpc) is 2.84. The zero-order valence-electron chi connectivity index (χ0n) is 18.3. The highest BCUT2D eigenvalue weighted by atomic mass is 19.4. The van der Waals surface area contributed by atoms with E-state index in [1.165, 1.54) is 23.1 Å². The number of alkyl halides is 3. The van der Waals surface area contributed by atoms with Crippen molar-refractivity contribution >= 4 is 6.03 Å². The number of carbonyl (C=O) groups excluding carboxylic acids is 1. The Kier molecular flexibility index (Phi) is 6.88. The van der Waals surface area contributed by atoms with Crippen molar-refractivity contribution in [1.29, 1.82) is 0 Å². The van der Waals surface area contributed by atoms with E-state index in [9.17, 15) is 27.5 Å². The van der Waals surface area contributed by atoms with Crippen LogP contribution in [0, 0.1) is 5.82 Å². The molecule has 4 rings (SSSR count). The third-order valence-corrected chi connectivity index (χ3v) is 6.08. The van der Waals surface area contributed by atoms with Crippen molar-refractivity contribution < 1.29 is 27.5 Å². The third kappa shape index (κ3) is 5.07. The first-order valence-electron chi connectivity index (χ1n) is 11.0. The summed E-state index contributed by atoms with van der Waals surface area (Å²) in [7, 11) is 0. The molecule has 178 valence electrons. The number of amides is 2. The summed E-state index contributed by atoms with van der Waals surface area (Å²) in [6.07, 6.45) is -3.72. The Hall–Kier alpha value is -3.39. The van der Waals surface area contributed by atoms with Crippen LogP contribution in [-0.2, 0) is 19.1 Å². The molecule has 1 heterocycles. The molecule has 0 saturated heterocycles. The summed E-state index contributed by atoms with van der Waals surface area (Å²) >= 11 is 0. The second kappa shape index (κ2) is 9.85. The Morgan fingerprint density at radius 1 is 1.00 bits per heavy atom. The van der Waals surface area contributed by atoms with Gasteiger partial charge in [-0.25, -0.2) is 9.18 Å². The molecule has 2 amide bonds. The molecular formula is C26H24F4N2O2. The topological polar surface area (TPSA) is 52.6 Å². The maximum absolute atomic E-state index is 14.7. The summed E-state index contributed by atoms with van der Waals surface area (Å²) in [6, 6.07) is 16.2. The van der Waals surface area contributed by atoms with E-state index >= 15 is 0 Å². The van der Waals surface area contributed by atoms with E-state index < -0.39 is 17.6 Å². The van der Waals surface area contributed by atoms with E-state index in [1.54, 1.807) is 6.07 Å². The van der Waals surface area contributed by atoms with Crippen molar-refractivity contribution in [3.05, 3.63) is 94.8 Å². The number of nitrogens with one attached hydrogen (secondary N) is 1. The predicted molar refractivity (Wildman–Crippen MR) is 120 cm³/mol. The van der Waals surface area contributed by atoms with Crippen molar-refractivity contribution in [2.75, 3.05) is 13.2 Å². The quantitative estimate of drug-likeness (QED) is 0.468. The van der Waals surface area contributed by atoms with Crippen LogP contribution in [0.4, 0.5) is 22.4 Å². The van der Waals surface area contributed by atoms with Gasteiger partial charge in [0.25, 0.3) is 0 Å². The number of aliphatic hydroxyl groups is 1. The number of hydrogen-bond donors (Lipinski definition) is 2. The van der Waals surface area contributed by atoms with Crippen molar-refractivity contribution in [2.24, 2.45) is 0 Å². The molecule has 0 aromatic heterocycles. The second-order valence-corrected chi connectivity index (χ2v) is 8.22. The van der Waals surface area contributed by atoms with Gasteiger partial charge in [0.2, 0.25) is 0 Å². The largest absolute Gasteiger partial charge is 0.416 e. The number of carbonyl (C=O) groups is 1. The van der Waals surface area contributed by atoms with Crippen LogP contribution in [0.2, 0.25) is 0 Å². The van der Waals surface area contributed by atoms with Crippen LogP contribution in [0.3, 0.4) is 0 Å². The standard InChI is InChI=1S/C26H24F4N2O2/c27-23-11-10-20(17-6-8-19(9-7-17)26(28,29)30)21-12-14-32(16-22(21)23)25(34)31-24(13-15-33)18-4-2-1-3-5-18/h1-11,24,33H,12-16H2,(H,31,34)/t24-/m0/s1. The fraction of sp³-hybridized carbons (Fsp3) is 0.269. The molecular weight excluding hydrogens is 448 g/mol. The molecule has 0 saturated carbocycles. The van der Waals surface area contributed by atoms with Gasteiger partial charge in [-0.1, -0.05) is 48.5 Å². The number of nitrogens with zero attached hydrogens (tertiary/aromatic N) is 1. The Morgan fingerprint density at radius 3 is 2.35 bits per heavy atom. The normalized spacial score (nSPS) is 14.4. The lowest BCUT2D eigenvalue weighted by atomic mass is 9.90. The van der Waals surface area contributed by atoms with Crippen molar-refractivity contribution in [2.45, 2.75) is 31.6 Å². The van der Waals surface area contributed by atoms with Crippen LogP contribution in [-0.4, -0.2) is 29.2 Å². The highest BCUT2D eigenvalue weighted by molar-refractivity contribution is 5.76. The smallest absolute Gasteiger partial charge is 0.396 e. The molecule has 0 unspecified atom stereocenters. The van der Waals surface area contributed by atoms with Crippen LogP contribution in [0.5, 0.6) is 0 Å². The van der Waals surface area contributed by atoms with Crippen LogP contribution in [0.1, 0.15) is 34.7 Å². The molecule has 0 spiro atoms. The summed E-state index contributed by atoms with van der Waals surface area (Å²) in [5, 5.41) is 12.3. The number of aliphatic hydroxyl groups excluding tert-OH is 1. The summed E-state index contributed by atoms with van der Waals surface area (Å²) in [5.74, 6) is -0.460. The number of urea groups is 1. The zero-order valence-corrected chi connectivity index (χ0v) is 18.3. The van der Waals surface area contributed by atoms with Gasteiger partial charge in [-0.05, 0) is 53.3 Å². The third-order valence-electron chi connectivity index (χ3n) is 6.08. The van der Waals surface area contributed by atoms with E-state index in [2.05, 4.69) is 5.32 Å². The Morgan fingerprint density at radius 2 is 1.71 bits per heavy atom. The molecule has 0 aliphatic carbocycles. The monoisotopic (exact) mass is 472 g/mol. The summed E-state index contributed by atoms with van der Waals surface area (Å²) in [6.45, 7) is 0.270. The first-order chi connectivity index (χ1) is 16.3. The van der Waals surface area contributed by atoms with E-state index in [1.807, 2.05) is 30.3 Å². The van der Waals surface area contributed by atoms with Crippen LogP contribution in [0.15, 0.2) is 66.7 Å². The van der Waals surface area contributed by atoms with Gasteiger partial charge in [-0.3, -0.25) is 0 Å². The number of fused-ring (bicyclic) bond motifs is 1. The van der Waals surface area contributed by atoms with E-state index in [4.69, 9.17) is 0 Å². The number of benzene rings is 3. The fourth-order valence-electron chi connectivity index (χ4n) is 4.30. The second-order valence-electron chi connectivity index (χ2n) is 8.22. The lowest BCUT2D eigenvalue weighted by molar-refractivity contribution is -0.137. The summed E-state index contributed by atoms with van der Waals surface area (Å²) in [5.41, 5.74) is 2.39. The highest BCUT2D eigenvalue weighted by Gasteiger charge is 2.31. The molecule has 0 bridgehead atoms. The van der Waals surface area contributed by atoms with Gasteiger partial charge in [0.1, 0.15) is 5.82 Å². The van der Waals surface area contributed by atoms with Crippen LogP contribution < -0.4 is 5.32 Å².